The van der Waals surface area contributed by atoms with E-state index in [1.165, 1.54) is 12.5 Å². The van der Waals surface area contributed by atoms with Gasteiger partial charge in [0.1, 0.15) is 12.0 Å². The molecule has 0 bridgehead atoms. The second-order valence-corrected chi connectivity index (χ2v) is 2.69. The van der Waals surface area contributed by atoms with Gasteiger partial charge in [-0.1, -0.05) is 11.2 Å². The second-order valence-electron chi connectivity index (χ2n) is 2.69. The molecule has 2 aromatic rings. The van der Waals surface area contributed by atoms with E-state index < -0.39 is 5.91 Å². The molecule has 0 aliphatic rings. The van der Waals surface area contributed by atoms with Crippen molar-refractivity contribution in [2.24, 2.45) is 5.73 Å². The van der Waals surface area contributed by atoms with Crippen molar-refractivity contribution in [2.75, 3.05) is 0 Å². The number of aromatic nitrogens is 2. The number of hydrogen-bond acceptors (Lipinski definition) is 4. The lowest BCUT2D eigenvalue weighted by Gasteiger charge is -1.97. The van der Waals surface area contributed by atoms with Gasteiger partial charge in [0.2, 0.25) is 0 Å². The fraction of sp³-hybridized carbons (Fsp3) is 0. The number of amides is 1. The van der Waals surface area contributed by atoms with E-state index in [0.717, 1.165) is 0 Å². The Bertz CT molecular complexity index is 451. The lowest BCUT2D eigenvalue weighted by Crippen LogP contribution is -2.12. The molecule has 2 aromatic heterocycles. The highest BCUT2D eigenvalue weighted by molar-refractivity contribution is 5.91. The number of hydrogen-bond donors (Lipinski definition) is 1. The van der Waals surface area contributed by atoms with Crippen LogP contribution in [-0.4, -0.2) is 16.0 Å². The summed E-state index contributed by atoms with van der Waals surface area (Å²) in [5, 5.41) is 3.54. The average Bonchev–Trinajstić information content (AvgIpc) is 2.71. The molecule has 0 fully saturated rings. The van der Waals surface area contributed by atoms with E-state index in [4.69, 9.17) is 5.73 Å². The van der Waals surface area contributed by atoms with Gasteiger partial charge in [0.15, 0.2) is 0 Å². The van der Waals surface area contributed by atoms with Crippen molar-refractivity contribution in [3.05, 3.63) is 36.4 Å². The molecule has 2 rings (SSSR count). The summed E-state index contributed by atoms with van der Waals surface area (Å²) in [7, 11) is 0. The summed E-state index contributed by atoms with van der Waals surface area (Å²) in [5.41, 5.74) is 6.65. The predicted molar refractivity (Wildman–Crippen MR) is 48.3 cm³/mol. The zero-order valence-electron chi connectivity index (χ0n) is 7.18. The van der Waals surface area contributed by atoms with Crippen LogP contribution in [0.3, 0.4) is 0 Å². The van der Waals surface area contributed by atoms with Gasteiger partial charge < -0.3 is 10.3 Å². The van der Waals surface area contributed by atoms with Crippen LogP contribution in [0.4, 0.5) is 0 Å². The highest BCUT2D eigenvalue weighted by Crippen LogP contribution is 2.15. The van der Waals surface area contributed by atoms with Gasteiger partial charge in [-0.25, -0.2) is 4.98 Å². The van der Waals surface area contributed by atoms with Gasteiger partial charge in [-0.2, -0.15) is 0 Å². The Balaban J connectivity index is 2.46. The van der Waals surface area contributed by atoms with Crippen LogP contribution in [-0.2, 0) is 0 Å². The number of pyridine rings is 1. The van der Waals surface area contributed by atoms with E-state index in [9.17, 15) is 4.79 Å². The van der Waals surface area contributed by atoms with Gasteiger partial charge in [-0.15, -0.1) is 0 Å². The Hall–Kier alpha value is -2.17. The lowest BCUT2D eigenvalue weighted by molar-refractivity contribution is 0.0995. The maximum Gasteiger partial charge on any atom is 0.267 e. The van der Waals surface area contributed by atoms with E-state index in [0.29, 0.717) is 11.3 Å². The third kappa shape index (κ3) is 1.47. The molecule has 5 nitrogen and oxygen atoms in total. The number of carbonyl (C=O) groups excluding carboxylic acids is 1. The fourth-order valence-electron chi connectivity index (χ4n) is 1.06. The van der Waals surface area contributed by atoms with Crippen LogP contribution in [0, 0.1) is 0 Å². The first kappa shape index (κ1) is 8.43. The van der Waals surface area contributed by atoms with Gasteiger partial charge in [0.25, 0.3) is 5.91 Å². The molecular weight excluding hydrogens is 182 g/mol. The van der Waals surface area contributed by atoms with E-state index in [-0.39, 0.29) is 5.69 Å². The van der Waals surface area contributed by atoms with Crippen LogP contribution in [0.15, 0.2) is 35.2 Å². The quantitative estimate of drug-likeness (QED) is 0.758. The molecule has 2 N–H and O–H groups in total. The summed E-state index contributed by atoms with van der Waals surface area (Å²) in [4.78, 5) is 14.9. The SMILES string of the molecule is NC(=O)c1cccc(-c2cnoc2)n1. The second kappa shape index (κ2) is 3.29. The lowest BCUT2D eigenvalue weighted by atomic mass is 10.2. The Labute approximate surface area is 79.5 Å². The van der Waals surface area contributed by atoms with Gasteiger partial charge in [0, 0.05) is 0 Å². The number of nitrogens with two attached hydrogens (primary N) is 1. The normalized spacial score (nSPS) is 10.0. The molecule has 0 saturated heterocycles. The molecule has 0 aliphatic carbocycles. The van der Waals surface area contributed by atoms with E-state index in [1.807, 2.05) is 0 Å². The van der Waals surface area contributed by atoms with Gasteiger partial charge in [-0.05, 0) is 12.1 Å². The van der Waals surface area contributed by atoms with Crippen molar-refractivity contribution < 1.29 is 9.32 Å². The van der Waals surface area contributed by atoms with Crippen LogP contribution in [0.25, 0.3) is 11.3 Å². The number of carbonyl (C=O) groups is 1. The van der Waals surface area contributed by atoms with E-state index >= 15 is 0 Å². The molecule has 0 saturated carbocycles. The molecule has 0 atom stereocenters. The standard InChI is InChI=1S/C9H7N3O2/c10-9(13)8-3-1-2-7(12-8)6-4-11-14-5-6/h1-5H,(H2,10,13). The first-order chi connectivity index (χ1) is 6.77. The van der Waals surface area contributed by atoms with Crippen LogP contribution >= 0.6 is 0 Å². The number of primary amides is 1. The Morgan fingerprint density at radius 2 is 2.29 bits per heavy atom. The summed E-state index contributed by atoms with van der Waals surface area (Å²) >= 11 is 0. The molecule has 0 spiro atoms. The van der Waals surface area contributed by atoms with Gasteiger partial charge in [0.05, 0.1) is 17.5 Å². The summed E-state index contributed by atoms with van der Waals surface area (Å²) < 4.78 is 4.66. The van der Waals surface area contributed by atoms with Crippen molar-refractivity contribution in [3.8, 4) is 11.3 Å². The van der Waals surface area contributed by atoms with Crippen LogP contribution in [0.1, 0.15) is 10.5 Å². The predicted octanol–water partition coefficient (Wildman–Crippen LogP) is 0.835. The average molecular weight is 189 g/mol. The Morgan fingerprint density at radius 1 is 1.43 bits per heavy atom. The van der Waals surface area contributed by atoms with Crippen molar-refractivity contribution in [1.82, 2.24) is 10.1 Å². The molecule has 70 valence electrons. The highest BCUT2D eigenvalue weighted by atomic mass is 16.5. The van der Waals surface area contributed by atoms with Crippen molar-refractivity contribution in [3.63, 3.8) is 0 Å². The minimum Gasteiger partial charge on any atom is -0.364 e. The van der Waals surface area contributed by atoms with E-state index in [2.05, 4.69) is 14.7 Å². The smallest absolute Gasteiger partial charge is 0.267 e. The molecular formula is C9H7N3O2. The highest BCUT2D eigenvalue weighted by Gasteiger charge is 2.05. The molecule has 0 radical (unpaired) electrons. The Morgan fingerprint density at radius 3 is 2.93 bits per heavy atom. The first-order valence-electron chi connectivity index (χ1n) is 3.94. The van der Waals surface area contributed by atoms with Crippen LogP contribution in [0.5, 0.6) is 0 Å². The first-order valence-corrected chi connectivity index (χ1v) is 3.94. The summed E-state index contributed by atoms with van der Waals surface area (Å²) in [5.74, 6) is -0.552. The molecule has 0 aromatic carbocycles. The minimum absolute atomic E-state index is 0.226. The summed E-state index contributed by atoms with van der Waals surface area (Å²) in [6, 6.07) is 5.01. The largest absolute Gasteiger partial charge is 0.364 e. The molecule has 0 unspecified atom stereocenters. The summed E-state index contributed by atoms with van der Waals surface area (Å²) in [6.45, 7) is 0. The minimum atomic E-state index is -0.552. The van der Waals surface area contributed by atoms with Gasteiger partial charge >= 0.3 is 0 Å². The molecule has 1 amide bonds. The third-order valence-electron chi connectivity index (χ3n) is 1.73. The van der Waals surface area contributed by atoms with Crippen LogP contribution in [0.2, 0.25) is 0 Å². The maximum absolute atomic E-state index is 10.8. The molecule has 5 heteroatoms. The van der Waals surface area contributed by atoms with Crippen LogP contribution < -0.4 is 5.73 Å². The monoisotopic (exact) mass is 189 g/mol. The van der Waals surface area contributed by atoms with Crippen molar-refractivity contribution >= 4 is 5.91 Å². The topological polar surface area (TPSA) is 82.0 Å². The van der Waals surface area contributed by atoms with Crippen molar-refractivity contribution in [2.45, 2.75) is 0 Å². The van der Waals surface area contributed by atoms with Gasteiger partial charge in [-0.3, -0.25) is 4.79 Å². The number of nitrogens with zero attached hydrogens (tertiary/aromatic N) is 2. The van der Waals surface area contributed by atoms with E-state index in [1.54, 1.807) is 18.2 Å². The Kier molecular flexibility index (Phi) is 1.98. The molecule has 0 aliphatic heterocycles. The third-order valence-corrected chi connectivity index (χ3v) is 1.73. The number of rotatable bonds is 2. The molecule has 2 heterocycles. The zero-order valence-corrected chi connectivity index (χ0v) is 7.18. The summed E-state index contributed by atoms with van der Waals surface area (Å²) in [6.07, 6.45) is 2.97. The zero-order chi connectivity index (χ0) is 9.97. The fourth-order valence-corrected chi connectivity index (χ4v) is 1.06. The maximum atomic E-state index is 10.8. The molecule has 14 heavy (non-hydrogen) atoms. The van der Waals surface area contributed by atoms with Crippen molar-refractivity contribution in [1.29, 1.82) is 0 Å².